The van der Waals surface area contributed by atoms with Crippen LogP contribution >= 0.6 is 21.6 Å². The number of amides is 2. The van der Waals surface area contributed by atoms with Crippen LogP contribution in [0.3, 0.4) is 0 Å². The summed E-state index contributed by atoms with van der Waals surface area (Å²) in [6, 6.07) is 27.1. The van der Waals surface area contributed by atoms with Crippen molar-refractivity contribution >= 4 is 44.8 Å². The van der Waals surface area contributed by atoms with Crippen molar-refractivity contribution in [1.29, 1.82) is 0 Å². The van der Waals surface area contributed by atoms with Crippen molar-refractivity contribution in [3.63, 3.8) is 0 Å². The molecule has 0 aliphatic heterocycles. The third kappa shape index (κ3) is 5.83. The molecule has 0 aliphatic rings. The standard InChI is InChI=1S/C30H28N2O2S2/c1-19-11-5-7-15-23(19)29(33)31-27-21(3)13-9-17-25(27)35-36-26-18-10-14-22(4)28(26)32-30(34)24-16-8-6-12-20(24)2/h5-18H,1-4H3,(H,31,33)(H,32,34). The zero-order valence-corrected chi connectivity index (χ0v) is 22.3. The van der Waals surface area contributed by atoms with Crippen molar-refractivity contribution in [3.05, 3.63) is 118 Å². The molecule has 0 atom stereocenters. The van der Waals surface area contributed by atoms with Crippen molar-refractivity contribution in [2.45, 2.75) is 37.5 Å². The van der Waals surface area contributed by atoms with Gasteiger partial charge in [-0.3, -0.25) is 9.59 Å². The lowest BCUT2D eigenvalue weighted by Crippen LogP contribution is -2.15. The van der Waals surface area contributed by atoms with Crippen LogP contribution in [0.4, 0.5) is 11.4 Å². The summed E-state index contributed by atoms with van der Waals surface area (Å²) < 4.78 is 0. The van der Waals surface area contributed by atoms with Gasteiger partial charge < -0.3 is 10.6 Å². The highest BCUT2D eigenvalue weighted by atomic mass is 33.1. The monoisotopic (exact) mass is 512 g/mol. The Balaban J connectivity index is 1.56. The van der Waals surface area contributed by atoms with Crippen LogP contribution in [0, 0.1) is 27.7 Å². The summed E-state index contributed by atoms with van der Waals surface area (Å²) in [4.78, 5) is 27.9. The van der Waals surface area contributed by atoms with Crippen LogP contribution in [0.1, 0.15) is 43.0 Å². The van der Waals surface area contributed by atoms with Gasteiger partial charge in [-0.2, -0.15) is 0 Å². The average molecular weight is 513 g/mol. The molecule has 0 bridgehead atoms. The topological polar surface area (TPSA) is 58.2 Å². The second-order valence-electron chi connectivity index (χ2n) is 8.60. The molecule has 0 unspecified atom stereocenters. The van der Waals surface area contributed by atoms with Crippen molar-refractivity contribution in [2.75, 3.05) is 10.6 Å². The molecule has 4 nitrogen and oxygen atoms in total. The first-order chi connectivity index (χ1) is 17.3. The van der Waals surface area contributed by atoms with Crippen LogP contribution in [0.2, 0.25) is 0 Å². The number of nitrogens with one attached hydrogen (secondary N) is 2. The maximum atomic E-state index is 13.0. The first kappa shape index (κ1) is 25.6. The Hall–Kier alpha value is -3.48. The van der Waals surface area contributed by atoms with E-state index < -0.39 is 0 Å². The van der Waals surface area contributed by atoms with E-state index in [1.54, 1.807) is 21.6 Å². The quantitative estimate of drug-likeness (QED) is 0.245. The molecule has 2 amide bonds. The lowest BCUT2D eigenvalue weighted by molar-refractivity contribution is 0.101. The predicted octanol–water partition coefficient (Wildman–Crippen LogP) is 8.22. The van der Waals surface area contributed by atoms with Gasteiger partial charge >= 0.3 is 0 Å². The first-order valence-electron chi connectivity index (χ1n) is 11.6. The Bertz CT molecular complexity index is 1320. The molecule has 0 heterocycles. The van der Waals surface area contributed by atoms with Gasteiger partial charge in [0.2, 0.25) is 0 Å². The summed E-state index contributed by atoms with van der Waals surface area (Å²) in [5, 5.41) is 6.23. The molecule has 0 radical (unpaired) electrons. The molecule has 0 fully saturated rings. The van der Waals surface area contributed by atoms with E-state index in [9.17, 15) is 9.59 Å². The summed E-state index contributed by atoms with van der Waals surface area (Å²) in [5.74, 6) is -0.257. The molecule has 2 N–H and O–H groups in total. The molecule has 0 saturated carbocycles. The van der Waals surface area contributed by atoms with Crippen LogP contribution in [-0.4, -0.2) is 11.8 Å². The second kappa shape index (κ2) is 11.5. The van der Waals surface area contributed by atoms with E-state index in [2.05, 4.69) is 10.6 Å². The summed E-state index contributed by atoms with van der Waals surface area (Å²) in [6.45, 7) is 7.84. The number of para-hydroxylation sites is 2. The fourth-order valence-corrected chi connectivity index (χ4v) is 6.26. The Labute approximate surface area is 220 Å². The fourth-order valence-electron chi connectivity index (χ4n) is 3.85. The van der Waals surface area contributed by atoms with Crippen molar-refractivity contribution in [2.24, 2.45) is 0 Å². The normalized spacial score (nSPS) is 10.7. The number of hydrogen-bond acceptors (Lipinski definition) is 4. The van der Waals surface area contributed by atoms with Gasteiger partial charge in [-0.1, -0.05) is 82.3 Å². The van der Waals surface area contributed by atoms with Gasteiger partial charge in [0.1, 0.15) is 0 Å². The van der Waals surface area contributed by atoms with E-state index in [-0.39, 0.29) is 11.8 Å². The SMILES string of the molecule is Cc1ccccc1C(=O)Nc1c(C)cccc1SSc1cccc(C)c1NC(=O)c1ccccc1C. The Morgan fingerprint density at radius 3 is 1.25 bits per heavy atom. The summed E-state index contributed by atoms with van der Waals surface area (Å²) >= 11 is 0. The van der Waals surface area contributed by atoms with Gasteiger partial charge in [0.25, 0.3) is 11.8 Å². The summed E-state index contributed by atoms with van der Waals surface area (Å²) in [6.07, 6.45) is 0. The first-order valence-corrected chi connectivity index (χ1v) is 13.8. The van der Waals surface area contributed by atoms with Crippen molar-refractivity contribution < 1.29 is 9.59 Å². The Kier molecular flexibility index (Phi) is 8.18. The third-order valence-corrected chi connectivity index (χ3v) is 8.40. The summed E-state index contributed by atoms with van der Waals surface area (Å²) in [7, 11) is 3.11. The van der Waals surface area contributed by atoms with Gasteiger partial charge in [-0.05, 0) is 74.2 Å². The minimum absolute atomic E-state index is 0.129. The molecular weight excluding hydrogens is 484 g/mol. The number of anilines is 2. The number of carbonyl (C=O) groups is 2. The zero-order valence-electron chi connectivity index (χ0n) is 20.7. The van der Waals surface area contributed by atoms with E-state index in [1.165, 1.54) is 0 Å². The van der Waals surface area contributed by atoms with Gasteiger partial charge in [0.15, 0.2) is 0 Å². The fraction of sp³-hybridized carbons (Fsp3) is 0.133. The molecule has 0 aromatic heterocycles. The second-order valence-corrected chi connectivity index (χ2v) is 10.8. The van der Waals surface area contributed by atoms with E-state index in [4.69, 9.17) is 0 Å². The maximum absolute atomic E-state index is 13.0. The van der Waals surface area contributed by atoms with Gasteiger partial charge in [0.05, 0.1) is 11.4 Å². The number of carbonyl (C=O) groups excluding carboxylic acids is 2. The van der Waals surface area contributed by atoms with Crippen LogP contribution in [-0.2, 0) is 0 Å². The lowest BCUT2D eigenvalue weighted by Gasteiger charge is -2.16. The minimum Gasteiger partial charge on any atom is -0.321 e. The highest BCUT2D eigenvalue weighted by molar-refractivity contribution is 8.76. The maximum Gasteiger partial charge on any atom is 0.255 e. The number of benzene rings is 4. The van der Waals surface area contributed by atoms with Gasteiger partial charge in [-0.15, -0.1) is 0 Å². The molecule has 4 aromatic rings. The van der Waals surface area contributed by atoms with E-state index in [0.29, 0.717) is 11.1 Å². The molecule has 4 rings (SSSR count). The van der Waals surface area contributed by atoms with Crippen LogP contribution in [0.25, 0.3) is 0 Å². The molecule has 0 aliphatic carbocycles. The predicted molar refractivity (Wildman–Crippen MR) is 152 cm³/mol. The van der Waals surface area contributed by atoms with Crippen LogP contribution in [0.5, 0.6) is 0 Å². The lowest BCUT2D eigenvalue weighted by atomic mass is 10.1. The molecular formula is C30H28N2O2S2. The molecule has 0 saturated heterocycles. The molecule has 0 spiro atoms. The Morgan fingerprint density at radius 2 is 0.861 bits per heavy atom. The number of rotatable bonds is 7. The largest absolute Gasteiger partial charge is 0.321 e. The Morgan fingerprint density at radius 1 is 0.500 bits per heavy atom. The van der Waals surface area contributed by atoms with E-state index >= 15 is 0 Å². The zero-order chi connectivity index (χ0) is 25.7. The number of aryl methyl sites for hydroxylation is 4. The van der Waals surface area contributed by atoms with E-state index in [0.717, 1.165) is 43.4 Å². The van der Waals surface area contributed by atoms with Gasteiger partial charge in [0, 0.05) is 20.9 Å². The highest BCUT2D eigenvalue weighted by Gasteiger charge is 2.17. The van der Waals surface area contributed by atoms with Crippen molar-refractivity contribution in [1.82, 2.24) is 0 Å². The highest BCUT2D eigenvalue weighted by Crippen LogP contribution is 2.45. The van der Waals surface area contributed by atoms with Crippen LogP contribution < -0.4 is 10.6 Å². The smallest absolute Gasteiger partial charge is 0.255 e. The van der Waals surface area contributed by atoms with E-state index in [1.807, 2.05) is 113 Å². The molecule has 6 heteroatoms. The third-order valence-electron chi connectivity index (χ3n) is 5.95. The van der Waals surface area contributed by atoms with Crippen molar-refractivity contribution in [3.8, 4) is 0 Å². The minimum atomic E-state index is -0.129. The van der Waals surface area contributed by atoms with Crippen LogP contribution in [0.15, 0.2) is 94.7 Å². The average Bonchev–Trinajstić information content (AvgIpc) is 2.86. The number of hydrogen-bond donors (Lipinski definition) is 2. The molecule has 182 valence electrons. The molecule has 36 heavy (non-hydrogen) atoms. The molecule has 4 aromatic carbocycles. The summed E-state index contributed by atoms with van der Waals surface area (Å²) in [5.41, 5.74) is 6.73. The van der Waals surface area contributed by atoms with Gasteiger partial charge in [-0.25, -0.2) is 0 Å².